The number of esters is 1. The molecule has 0 aromatic carbocycles. The van der Waals surface area contributed by atoms with Crippen LogP contribution in [0, 0.1) is 16.7 Å². The molecule has 0 aromatic rings. The largest absolute Gasteiger partial charge is 0.468 e. The predicted molar refractivity (Wildman–Crippen MR) is 97.8 cm³/mol. The summed E-state index contributed by atoms with van der Waals surface area (Å²) in [6, 6.07) is 0.890. The summed E-state index contributed by atoms with van der Waals surface area (Å²) in [4.78, 5) is 15.5. The van der Waals surface area contributed by atoms with Gasteiger partial charge < -0.3 is 13.9 Å². The molecule has 6 bridgehead atoms. The van der Waals surface area contributed by atoms with Crippen molar-refractivity contribution in [2.24, 2.45) is 16.7 Å². The zero-order valence-electron chi connectivity index (χ0n) is 16.7. The molecule has 0 spiro atoms. The number of ether oxygens (including phenoxy) is 2. The second kappa shape index (κ2) is 5.09. The molecule has 25 heavy (non-hydrogen) atoms. The minimum Gasteiger partial charge on any atom is -0.468 e. The molecule has 5 aliphatic rings. The maximum absolute atomic E-state index is 12.9. The number of carbonyl (C=O) groups is 1. The smallest absolute Gasteiger partial charge is 0.316 e. The van der Waals surface area contributed by atoms with Crippen molar-refractivity contribution in [2.75, 3.05) is 27.4 Å². The van der Waals surface area contributed by atoms with Crippen LogP contribution in [0.25, 0.3) is 0 Å². The van der Waals surface area contributed by atoms with Gasteiger partial charge in [0.2, 0.25) is 0 Å². The fourth-order valence-electron chi connectivity index (χ4n) is 6.03. The summed E-state index contributed by atoms with van der Waals surface area (Å²) in [5.74, 6) is 0.274. The number of nitrogens with zero attached hydrogens (tertiary/aromatic N) is 1. The van der Waals surface area contributed by atoms with Crippen LogP contribution in [0.5, 0.6) is 0 Å². The summed E-state index contributed by atoms with van der Waals surface area (Å²) >= 11 is 0. The van der Waals surface area contributed by atoms with Crippen LogP contribution in [0.2, 0.25) is 18.1 Å². The van der Waals surface area contributed by atoms with Crippen molar-refractivity contribution in [3.05, 3.63) is 0 Å². The Hall–Kier alpha value is -0.433. The molecule has 5 fully saturated rings. The van der Waals surface area contributed by atoms with Crippen LogP contribution in [-0.2, 0) is 18.7 Å². The summed E-state index contributed by atoms with van der Waals surface area (Å²) in [7, 11) is 1.45. The highest BCUT2D eigenvalue weighted by molar-refractivity contribution is 6.74. The minimum absolute atomic E-state index is 0.0356. The molecule has 3 saturated heterocycles. The van der Waals surface area contributed by atoms with Crippen molar-refractivity contribution in [3.8, 4) is 0 Å². The highest BCUT2D eigenvalue weighted by atomic mass is 28.4. The highest BCUT2D eigenvalue weighted by Gasteiger charge is 2.85. The van der Waals surface area contributed by atoms with E-state index >= 15 is 0 Å². The lowest BCUT2D eigenvalue weighted by molar-refractivity contribution is -0.168. The second-order valence-electron chi connectivity index (χ2n) is 10.2. The van der Waals surface area contributed by atoms with Gasteiger partial charge in [0.05, 0.1) is 13.2 Å². The van der Waals surface area contributed by atoms with Crippen LogP contribution in [0.15, 0.2) is 0 Å². The van der Waals surface area contributed by atoms with Crippen LogP contribution in [-0.4, -0.2) is 64.7 Å². The van der Waals surface area contributed by atoms with E-state index in [1.807, 2.05) is 0 Å². The molecule has 0 radical (unpaired) electrons. The summed E-state index contributed by atoms with van der Waals surface area (Å²) in [6.45, 7) is 13.3. The lowest BCUT2D eigenvalue weighted by atomic mass is 9.66. The molecule has 2 aliphatic carbocycles. The first-order valence-corrected chi connectivity index (χ1v) is 12.5. The Kier molecular flexibility index (Phi) is 3.65. The zero-order valence-corrected chi connectivity index (χ0v) is 17.7. The number of rotatable bonds is 5. The van der Waals surface area contributed by atoms with Gasteiger partial charge in [-0.15, -0.1) is 0 Å². The van der Waals surface area contributed by atoms with Gasteiger partial charge in [-0.3, -0.25) is 9.69 Å². The fraction of sp³-hybridized carbons (Fsp3) is 0.947. The zero-order chi connectivity index (χ0) is 18.4. The molecule has 2 unspecified atom stereocenters. The van der Waals surface area contributed by atoms with Gasteiger partial charge in [0, 0.05) is 37.8 Å². The molecule has 3 aliphatic heterocycles. The van der Waals surface area contributed by atoms with Gasteiger partial charge in [0.25, 0.3) is 0 Å². The monoisotopic (exact) mass is 367 g/mol. The van der Waals surface area contributed by atoms with Crippen molar-refractivity contribution < 1.29 is 18.7 Å². The van der Waals surface area contributed by atoms with Crippen LogP contribution >= 0.6 is 0 Å². The van der Waals surface area contributed by atoms with Crippen LogP contribution in [0.1, 0.15) is 33.6 Å². The molecular formula is C19H33NO4Si. The van der Waals surface area contributed by atoms with E-state index in [1.54, 1.807) is 7.11 Å². The Labute approximate surface area is 152 Å². The number of hydrogen-bond donors (Lipinski definition) is 0. The van der Waals surface area contributed by atoms with Gasteiger partial charge in [-0.2, -0.15) is 0 Å². The second-order valence-corrected chi connectivity index (χ2v) is 15.0. The highest BCUT2D eigenvalue weighted by Crippen LogP contribution is 2.75. The van der Waals surface area contributed by atoms with Crippen molar-refractivity contribution in [3.63, 3.8) is 0 Å². The quantitative estimate of drug-likeness (QED) is 0.425. The van der Waals surface area contributed by atoms with E-state index in [1.165, 1.54) is 7.11 Å². The lowest BCUT2D eigenvalue weighted by Gasteiger charge is -2.48. The number of piperidine rings is 3. The van der Waals surface area contributed by atoms with Crippen molar-refractivity contribution >= 4 is 14.3 Å². The van der Waals surface area contributed by atoms with Gasteiger partial charge in [-0.05, 0) is 36.9 Å². The Morgan fingerprint density at radius 3 is 2.48 bits per heavy atom. The first-order valence-electron chi connectivity index (χ1n) is 9.56. The van der Waals surface area contributed by atoms with E-state index in [9.17, 15) is 4.79 Å². The number of hydrogen-bond acceptors (Lipinski definition) is 5. The fourth-order valence-corrected chi connectivity index (χ4v) is 7.11. The van der Waals surface area contributed by atoms with E-state index in [4.69, 9.17) is 13.9 Å². The molecule has 0 N–H and O–H groups in total. The van der Waals surface area contributed by atoms with Crippen LogP contribution in [0.3, 0.4) is 0 Å². The van der Waals surface area contributed by atoms with Gasteiger partial charge in [0.1, 0.15) is 5.41 Å². The van der Waals surface area contributed by atoms with E-state index in [2.05, 4.69) is 38.8 Å². The van der Waals surface area contributed by atoms with E-state index in [-0.39, 0.29) is 22.5 Å². The van der Waals surface area contributed by atoms with Gasteiger partial charge in [0.15, 0.2) is 8.32 Å². The minimum atomic E-state index is -1.82. The SMILES string of the molecule is COC(=O)[C@@]12C3[C@H]4C[C@@H]1[C@@](CO[Si](C)(C)C(C)(C)C)(C[C@@H]2OC)CN34. The Morgan fingerprint density at radius 2 is 1.96 bits per heavy atom. The van der Waals surface area contributed by atoms with E-state index < -0.39 is 13.7 Å². The Balaban J connectivity index is 1.65. The van der Waals surface area contributed by atoms with Gasteiger partial charge >= 0.3 is 5.97 Å². The Morgan fingerprint density at radius 1 is 1.28 bits per heavy atom. The number of methoxy groups -OCH3 is 2. The van der Waals surface area contributed by atoms with Crippen LogP contribution < -0.4 is 0 Å². The normalized spacial score (nSPS) is 47.1. The van der Waals surface area contributed by atoms with Crippen LogP contribution in [0.4, 0.5) is 0 Å². The average Bonchev–Trinajstić information content (AvgIpc) is 3.04. The third-order valence-electron chi connectivity index (χ3n) is 8.31. The molecule has 7 atom stereocenters. The number of carbonyl (C=O) groups excluding carboxylic acids is 1. The van der Waals surface area contributed by atoms with Crippen molar-refractivity contribution in [2.45, 2.75) is 69.9 Å². The van der Waals surface area contributed by atoms with Gasteiger partial charge in [-0.25, -0.2) is 0 Å². The topological polar surface area (TPSA) is 47.8 Å². The molecule has 0 aromatic heterocycles. The Bertz CT molecular complexity index is 603. The third kappa shape index (κ3) is 2.03. The molecular weight excluding hydrogens is 334 g/mol. The summed E-state index contributed by atoms with van der Waals surface area (Å²) < 4.78 is 17.9. The maximum atomic E-state index is 12.9. The maximum Gasteiger partial charge on any atom is 0.316 e. The predicted octanol–water partition coefficient (Wildman–Crippen LogP) is 2.66. The lowest BCUT2D eigenvalue weighted by Crippen LogP contribution is -2.56. The summed E-state index contributed by atoms with van der Waals surface area (Å²) in [5, 5.41) is 0.196. The first-order chi connectivity index (χ1) is 11.5. The van der Waals surface area contributed by atoms with Gasteiger partial charge in [-0.1, -0.05) is 20.8 Å². The molecule has 5 rings (SSSR count). The molecule has 142 valence electrons. The summed E-state index contributed by atoms with van der Waals surface area (Å²) in [6.07, 6.45) is 1.97. The van der Waals surface area contributed by atoms with E-state index in [0.29, 0.717) is 18.0 Å². The molecule has 0 amide bonds. The molecule has 5 nitrogen and oxygen atoms in total. The first kappa shape index (κ1) is 18.0. The van der Waals surface area contributed by atoms with E-state index in [0.717, 1.165) is 26.0 Å². The molecule has 3 heterocycles. The third-order valence-corrected chi connectivity index (χ3v) is 12.8. The average molecular weight is 368 g/mol. The molecule has 6 heteroatoms. The standard InChI is InChI=1S/C19H33NO4Si/c1-17(2,3)25(6,7)24-11-18-9-14(22-4)19(16(21)23-5)13(18)8-12-15(19)20(12)10-18/h12-15H,8-11H2,1-7H3/t12-,13-,14+,15?,18+,19+,20?/m1/s1. The molecule has 2 saturated carbocycles. The van der Waals surface area contributed by atoms with Crippen molar-refractivity contribution in [1.82, 2.24) is 4.90 Å². The van der Waals surface area contributed by atoms with Crippen molar-refractivity contribution in [1.29, 1.82) is 0 Å². The summed E-state index contributed by atoms with van der Waals surface area (Å²) in [5.41, 5.74) is -0.433.